The maximum atomic E-state index is 14.3. The van der Waals surface area contributed by atoms with Gasteiger partial charge in [0.15, 0.2) is 0 Å². The van der Waals surface area contributed by atoms with Gasteiger partial charge in [0.05, 0.1) is 36.4 Å². The number of hydrogen-bond acceptors (Lipinski definition) is 8. The van der Waals surface area contributed by atoms with E-state index in [1.165, 1.54) is 0 Å². The first-order valence-corrected chi connectivity index (χ1v) is 14.5. The molecule has 9 nitrogen and oxygen atoms in total. The topological polar surface area (TPSA) is 99.6 Å². The van der Waals surface area contributed by atoms with Crippen LogP contribution in [0.25, 0.3) is 0 Å². The van der Waals surface area contributed by atoms with E-state index >= 15 is 0 Å². The van der Waals surface area contributed by atoms with Crippen LogP contribution in [-0.2, 0) is 23.9 Å². The summed E-state index contributed by atoms with van der Waals surface area (Å²) in [5.41, 5.74) is 0. The highest BCUT2D eigenvalue weighted by molar-refractivity contribution is 8.02. The zero-order valence-corrected chi connectivity index (χ0v) is 22.5. The van der Waals surface area contributed by atoms with Crippen molar-refractivity contribution < 1.29 is 29.0 Å². The number of esters is 1. The summed E-state index contributed by atoms with van der Waals surface area (Å²) in [6, 6.07) is -0.668. The minimum absolute atomic E-state index is 0.0426. The van der Waals surface area contributed by atoms with Crippen molar-refractivity contribution in [3.8, 4) is 0 Å². The van der Waals surface area contributed by atoms with Crippen LogP contribution in [0.4, 0.5) is 0 Å². The monoisotopic (exact) mass is 533 g/mol. The van der Waals surface area contributed by atoms with Crippen LogP contribution in [-0.4, -0.2) is 119 Å². The Morgan fingerprint density at radius 1 is 0.973 bits per heavy atom. The highest BCUT2D eigenvalue weighted by Crippen LogP contribution is 2.65. The molecule has 3 saturated heterocycles. The number of cyclic esters (lactones) is 1. The molecule has 37 heavy (non-hydrogen) atoms. The van der Waals surface area contributed by atoms with Crippen molar-refractivity contribution in [3.05, 3.63) is 24.3 Å². The molecule has 5 aliphatic rings. The summed E-state index contributed by atoms with van der Waals surface area (Å²) in [5.74, 6) is -1.82. The lowest BCUT2D eigenvalue weighted by atomic mass is 9.74. The molecule has 3 fully saturated rings. The minimum Gasteiger partial charge on any atom is -0.465 e. The number of amides is 2. The van der Waals surface area contributed by atoms with Crippen molar-refractivity contribution in [2.45, 2.75) is 48.1 Å². The van der Waals surface area contributed by atoms with Crippen LogP contribution in [0, 0.1) is 11.8 Å². The van der Waals surface area contributed by atoms with Crippen LogP contribution in [0.1, 0.15) is 32.6 Å². The average molecular weight is 534 g/mol. The Morgan fingerprint density at radius 2 is 1.78 bits per heavy atom. The summed E-state index contributed by atoms with van der Waals surface area (Å²) in [7, 11) is 0. The van der Waals surface area contributed by atoms with Gasteiger partial charge in [0.1, 0.15) is 6.04 Å². The molecular weight excluding hydrogens is 494 g/mol. The molecule has 0 radical (unpaired) electrons. The fourth-order valence-electron chi connectivity index (χ4n) is 6.63. The van der Waals surface area contributed by atoms with E-state index in [0.717, 1.165) is 26.1 Å². The Labute approximate surface area is 223 Å². The predicted molar refractivity (Wildman–Crippen MR) is 140 cm³/mol. The first-order valence-electron chi connectivity index (χ1n) is 13.6. The number of unbranched alkanes of at least 4 members (excludes halogenated alkanes) is 2. The fourth-order valence-corrected chi connectivity index (χ4v) is 8.79. The number of ether oxygens (including phenoxy) is 2. The van der Waals surface area contributed by atoms with Gasteiger partial charge in [0, 0.05) is 50.6 Å². The van der Waals surface area contributed by atoms with Crippen molar-refractivity contribution in [2.24, 2.45) is 11.8 Å². The highest BCUT2D eigenvalue weighted by Gasteiger charge is 2.73. The number of nitrogens with zero attached hydrogens (tertiary/aromatic N) is 3. The Balaban J connectivity index is 1.47. The van der Waals surface area contributed by atoms with Gasteiger partial charge in [0.2, 0.25) is 11.8 Å². The molecule has 0 saturated carbocycles. The molecule has 0 aromatic rings. The van der Waals surface area contributed by atoms with E-state index in [4.69, 9.17) is 9.47 Å². The number of rotatable bonds is 8. The summed E-state index contributed by atoms with van der Waals surface area (Å²) in [6.45, 7) is 7.81. The highest BCUT2D eigenvalue weighted by atomic mass is 32.2. The van der Waals surface area contributed by atoms with E-state index < -0.39 is 27.4 Å². The van der Waals surface area contributed by atoms with E-state index in [2.05, 4.69) is 17.1 Å². The quantitative estimate of drug-likeness (QED) is 0.281. The number of morpholine rings is 1. The number of hydrogen-bond donors (Lipinski definition) is 1. The smallest absolute Gasteiger partial charge is 0.311 e. The van der Waals surface area contributed by atoms with E-state index in [1.807, 2.05) is 24.0 Å². The van der Waals surface area contributed by atoms with Crippen LogP contribution in [0.5, 0.6) is 0 Å². The van der Waals surface area contributed by atoms with Gasteiger partial charge in [-0.25, -0.2) is 0 Å². The first-order chi connectivity index (χ1) is 17.9. The molecule has 5 heterocycles. The fraction of sp³-hybridized carbons (Fsp3) is 0.741. The number of aliphatic hydroxyl groups is 1. The van der Waals surface area contributed by atoms with Crippen molar-refractivity contribution >= 4 is 29.5 Å². The van der Waals surface area contributed by atoms with Gasteiger partial charge in [-0.15, -0.1) is 11.8 Å². The molecule has 1 unspecified atom stereocenters. The molecular formula is C27H39N3O6S. The molecule has 2 amide bonds. The number of carbonyl (C=O) groups excluding carboxylic acids is 3. The number of thioether (sulfide) groups is 1. The van der Waals surface area contributed by atoms with Gasteiger partial charge < -0.3 is 24.4 Å². The number of fused-ring (bicyclic) bond motifs is 2. The second kappa shape index (κ2) is 11.1. The second-order valence-corrected chi connectivity index (χ2v) is 12.6. The molecule has 1 spiro atoms. The molecule has 0 aliphatic carbocycles. The number of aliphatic hydroxyl groups excluding tert-OH is 1. The lowest BCUT2D eigenvalue weighted by molar-refractivity contribution is -0.154. The molecule has 5 atom stereocenters. The van der Waals surface area contributed by atoms with Crippen molar-refractivity contribution in [1.82, 2.24) is 14.7 Å². The summed E-state index contributed by atoms with van der Waals surface area (Å²) in [6.07, 6.45) is 11.0. The van der Waals surface area contributed by atoms with Gasteiger partial charge in [-0.2, -0.15) is 0 Å². The normalized spacial score (nSPS) is 36.1. The largest absolute Gasteiger partial charge is 0.465 e. The summed E-state index contributed by atoms with van der Waals surface area (Å²) in [4.78, 5) is 47.6. The molecule has 10 heteroatoms. The van der Waals surface area contributed by atoms with E-state index in [9.17, 15) is 19.5 Å². The SMILES string of the molecule is C[C@@]12C=CCCOC(=O)[C@@H]1[C@H]1C(=O)N(CCCCCO)C3C(=O)N(CCN4CCOCC4)CC=C[C@@]31S2. The number of likely N-dealkylation sites (tertiary alicyclic amines) is 1. The summed E-state index contributed by atoms with van der Waals surface area (Å²) < 4.78 is 9.59. The third-order valence-corrected chi connectivity index (χ3v) is 10.2. The molecule has 204 valence electrons. The van der Waals surface area contributed by atoms with Crippen LogP contribution in [0.15, 0.2) is 24.3 Å². The van der Waals surface area contributed by atoms with Crippen LogP contribution >= 0.6 is 11.8 Å². The first kappa shape index (κ1) is 26.7. The zero-order chi connectivity index (χ0) is 26.0. The Bertz CT molecular complexity index is 952. The summed E-state index contributed by atoms with van der Waals surface area (Å²) in [5, 5.41) is 9.22. The second-order valence-electron chi connectivity index (χ2n) is 10.8. The van der Waals surface area contributed by atoms with Gasteiger partial charge in [-0.1, -0.05) is 24.3 Å². The van der Waals surface area contributed by atoms with E-state index in [-0.39, 0.29) is 24.4 Å². The van der Waals surface area contributed by atoms with Gasteiger partial charge in [0.25, 0.3) is 0 Å². The van der Waals surface area contributed by atoms with E-state index in [1.54, 1.807) is 16.7 Å². The molecule has 0 aromatic heterocycles. The molecule has 5 aliphatic heterocycles. The van der Waals surface area contributed by atoms with Crippen molar-refractivity contribution in [3.63, 3.8) is 0 Å². The summed E-state index contributed by atoms with van der Waals surface area (Å²) >= 11 is 1.59. The van der Waals surface area contributed by atoms with Crippen molar-refractivity contribution in [2.75, 3.05) is 65.7 Å². The standard InChI is InChI=1S/C27H39N3O6S/c1-26-8-3-6-17-36-25(34)21(26)20-23(32)30(11-4-2-5-16-31)22-24(33)29(10-7-9-27(20,22)37-26)13-12-28-14-18-35-19-15-28/h3,7-9,20-22,31H,2,4-6,10-19H2,1H3/t20-,21-,22?,26+,27-/m0/s1. The van der Waals surface area contributed by atoms with Gasteiger partial charge in [-0.3, -0.25) is 19.3 Å². The predicted octanol–water partition coefficient (Wildman–Crippen LogP) is 1.07. The molecule has 1 N–H and O–H groups in total. The molecule has 0 aromatic carbocycles. The Morgan fingerprint density at radius 3 is 2.57 bits per heavy atom. The van der Waals surface area contributed by atoms with Gasteiger partial charge >= 0.3 is 5.97 Å². The average Bonchev–Trinajstić information content (AvgIpc) is 3.20. The minimum atomic E-state index is -0.827. The van der Waals surface area contributed by atoms with Crippen LogP contribution < -0.4 is 0 Å². The Hall–Kier alpha value is -1.88. The number of carbonyl (C=O) groups is 3. The third-order valence-electron chi connectivity index (χ3n) is 8.45. The van der Waals surface area contributed by atoms with Crippen LogP contribution in [0.2, 0.25) is 0 Å². The van der Waals surface area contributed by atoms with Crippen LogP contribution in [0.3, 0.4) is 0 Å². The van der Waals surface area contributed by atoms with Crippen molar-refractivity contribution in [1.29, 1.82) is 0 Å². The Kier molecular flexibility index (Phi) is 8.00. The van der Waals surface area contributed by atoms with Gasteiger partial charge in [-0.05, 0) is 32.6 Å². The zero-order valence-electron chi connectivity index (χ0n) is 21.7. The lowest BCUT2D eigenvalue weighted by Gasteiger charge is -2.37. The maximum absolute atomic E-state index is 14.3. The van der Waals surface area contributed by atoms with E-state index in [0.29, 0.717) is 58.7 Å². The molecule has 0 bridgehead atoms. The lowest BCUT2D eigenvalue weighted by Crippen LogP contribution is -2.54. The third kappa shape index (κ3) is 4.86. The maximum Gasteiger partial charge on any atom is 0.311 e. The molecule has 5 rings (SSSR count).